The van der Waals surface area contributed by atoms with Gasteiger partial charge in [-0.05, 0) is 29.5 Å². The van der Waals surface area contributed by atoms with Gasteiger partial charge in [-0.15, -0.1) is 11.3 Å². The summed E-state index contributed by atoms with van der Waals surface area (Å²) >= 11 is 4.30. The maximum Gasteiger partial charge on any atom is 0.435 e. The van der Waals surface area contributed by atoms with Crippen LogP contribution in [0.1, 0.15) is 10.4 Å². The van der Waals surface area contributed by atoms with E-state index in [0.717, 1.165) is 15.8 Å². The molecule has 0 saturated heterocycles. The number of aromatic nitrogens is 3. The molecule has 5 N–H and O–H groups in total. The summed E-state index contributed by atoms with van der Waals surface area (Å²) in [4.78, 5) is 21.0. The van der Waals surface area contributed by atoms with Crippen LogP contribution >= 0.6 is 27.3 Å². The van der Waals surface area contributed by atoms with E-state index < -0.39 is 11.5 Å². The number of H-pyrrole nitrogens is 1. The highest BCUT2D eigenvalue weighted by molar-refractivity contribution is 9.10. The van der Waals surface area contributed by atoms with E-state index in [1.807, 2.05) is 6.07 Å². The molecule has 150 valence electrons. The van der Waals surface area contributed by atoms with Gasteiger partial charge in [0, 0.05) is 10.4 Å². The molecular weight excluding hydrogens is 474 g/mol. The summed E-state index contributed by atoms with van der Waals surface area (Å²) in [5.74, 6) is -0.669. The SMILES string of the molecule is C[n+]1[nH]oc(=O)c1-c1c(C#N)c(N)nc2sc(C([O-])=Nc3ccc(Br)cc3)c(N)c12. The van der Waals surface area contributed by atoms with E-state index in [1.54, 1.807) is 24.3 Å². The van der Waals surface area contributed by atoms with Crippen molar-refractivity contribution in [1.82, 2.24) is 10.3 Å². The number of nitrogen functional groups attached to an aromatic ring is 2. The first-order valence-corrected chi connectivity index (χ1v) is 9.93. The lowest BCUT2D eigenvalue weighted by Gasteiger charge is -2.09. The van der Waals surface area contributed by atoms with Crippen LogP contribution in [0.5, 0.6) is 0 Å². The number of rotatable bonds is 3. The van der Waals surface area contributed by atoms with E-state index in [0.29, 0.717) is 10.5 Å². The van der Waals surface area contributed by atoms with Crippen LogP contribution in [0, 0.1) is 11.3 Å². The number of aliphatic imine (C=N–C) groups is 1. The fraction of sp³-hybridized carbons (Fsp3) is 0.0556. The highest BCUT2D eigenvalue weighted by atomic mass is 79.9. The van der Waals surface area contributed by atoms with E-state index in [4.69, 9.17) is 16.0 Å². The lowest BCUT2D eigenvalue weighted by Crippen LogP contribution is -2.34. The van der Waals surface area contributed by atoms with Crippen molar-refractivity contribution in [2.75, 3.05) is 11.5 Å². The maximum absolute atomic E-state index is 12.8. The number of hydrogen-bond donors (Lipinski definition) is 3. The molecule has 3 heterocycles. The average Bonchev–Trinajstić information content (AvgIpc) is 3.21. The Kier molecular flexibility index (Phi) is 4.76. The number of thiophene rings is 1. The zero-order chi connectivity index (χ0) is 21.6. The van der Waals surface area contributed by atoms with Crippen LogP contribution in [0.15, 0.2) is 43.0 Å². The molecule has 3 aromatic heterocycles. The first-order valence-electron chi connectivity index (χ1n) is 8.32. The number of aryl methyl sites for hydroxylation is 1. The van der Waals surface area contributed by atoms with Crippen LogP contribution in [-0.2, 0) is 7.05 Å². The van der Waals surface area contributed by atoms with Crippen LogP contribution < -0.4 is 26.9 Å². The van der Waals surface area contributed by atoms with Crippen molar-refractivity contribution in [2.45, 2.75) is 0 Å². The Morgan fingerprint density at radius 2 is 2.10 bits per heavy atom. The van der Waals surface area contributed by atoms with Crippen molar-refractivity contribution in [1.29, 1.82) is 5.26 Å². The van der Waals surface area contributed by atoms with Crippen LogP contribution in [0.4, 0.5) is 17.2 Å². The molecule has 12 heteroatoms. The smallest absolute Gasteiger partial charge is 0.435 e. The van der Waals surface area contributed by atoms with Gasteiger partial charge in [-0.25, -0.2) is 9.78 Å². The molecule has 0 spiro atoms. The molecule has 0 amide bonds. The topological polar surface area (TPSA) is 174 Å². The van der Waals surface area contributed by atoms with Gasteiger partial charge in [0.25, 0.3) is 0 Å². The molecule has 0 unspecified atom stereocenters. The minimum absolute atomic E-state index is 0.0268. The second-order valence-electron chi connectivity index (χ2n) is 6.17. The van der Waals surface area contributed by atoms with Gasteiger partial charge in [0.1, 0.15) is 22.3 Å². The van der Waals surface area contributed by atoms with Gasteiger partial charge in [-0.3, -0.25) is 9.52 Å². The molecule has 0 aliphatic rings. The third-order valence-corrected chi connectivity index (χ3v) is 5.92. The number of fused-ring (bicyclic) bond motifs is 1. The van der Waals surface area contributed by atoms with E-state index in [9.17, 15) is 15.2 Å². The van der Waals surface area contributed by atoms with Crippen molar-refractivity contribution in [3.05, 3.63) is 49.6 Å². The van der Waals surface area contributed by atoms with E-state index >= 15 is 0 Å². The monoisotopic (exact) mass is 485 g/mol. The van der Waals surface area contributed by atoms with Crippen LogP contribution in [0.2, 0.25) is 0 Å². The molecule has 0 aliphatic carbocycles. The van der Waals surface area contributed by atoms with Gasteiger partial charge >= 0.3 is 11.3 Å². The molecule has 0 radical (unpaired) electrons. The van der Waals surface area contributed by atoms with Crippen molar-refractivity contribution in [3.8, 4) is 17.3 Å². The fourth-order valence-corrected chi connectivity index (χ4v) is 4.23. The molecule has 0 fully saturated rings. The number of pyridine rings is 1. The first kappa shape index (κ1) is 19.6. The van der Waals surface area contributed by atoms with Crippen molar-refractivity contribution >= 4 is 60.6 Å². The minimum Gasteiger partial charge on any atom is -0.858 e. The standard InChI is InChI=1S/C18H12BrN7O3S/c1-26-13(18(28)29-25-26)10-9(6-20)15(22)24-17-11(10)12(21)14(30-17)16(27)23-8-4-2-7(19)3-5-8/h2-5H,1H3,(H5-,21,22,23,24,25,27,28). The molecule has 0 atom stereocenters. The number of nitrogens with two attached hydrogens (primary N) is 2. The van der Waals surface area contributed by atoms with Gasteiger partial charge in [0.15, 0.2) is 7.05 Å². The van der Waals surface area contributed by atoms with Gasteiger partial charge < -0.3 is 16.6 Å². The van der Waals surface area contributed by atoms with E-state index in [2.05, 4.69) is 31.2 Å². The summed E-state index contributed by atoms with van der Waals surface area (Å²) in [6.07, 6.45) is 0. The predicted octanol–water partition coefficient (Wildman–Crippen LogP) is 1.31. The normalized spacial score (nSPS) is 11.7. The summed E-state index contributed by atoms with van der Waals surface area (Å²) in [6.45, 7) is 0. The Hall–Kier alpha value is -3.69. The number of nitriles is 1. The molecule has 0 bridgehead atoms. The van der Waals surface area contributed by atoms with E-state index in [1.165, 1.54) is 11.7 Å². The highest BCUT2D eigenvalue weighted by Gasteiger charge is 2.30. The lowest BCUT2D eigenvalue weighted by atomic mass is 10.0. The molecule has 0 aliphatic heterocycles. The number of nitrogens with zero attached hydrogens (tertiary/aromatic N) is 4. The average molecular weight is 486 g/mol. The summed E-state index contributed by atoms with van der Waals surface area (Å²) in [5, 5.41) is 25.1. The zero-order valence-corrected chi connectivity index (χ0v) is 17.7. The maximum atomic E-state index is 12.8. The number of nitrogens with one attached hydrogen (secondary N) is 1. The second-order valence-corrected chi connectivity index (χ2v) is 8.08. The van der Waals surface area contributed by atoms with Gasteiger partial charge in [0.2, 0.25) is 0 Å². The summed E-state index contributed by atoms with van der Waals surface area (Å²) in [7, 11) is 1.53. The number of aromatic amines is 1. The third kappa shape index (κ3) is 3.10. The fourth-order valence-electron chi connectivity index (χ4n) is 2.97. The molecule has 30 heavy (non-hydrogen) atoms. The van der Waals surface area contributed by atoms with Crippen molar-refractivity contribution < 1.29 is 14.3 Å². The number of anilines is 2. The zero-order valence-electron chi connectivity index (χ0n) is 15.3. The Morgan fingerprint density at radius 3 is 2.70 bits per heavy atom. The van der Waals surface area contributed by atoms with Crippen LogP contribution in [0.25, 0.3) is 21.5 Å². The molecular formula is C18H12BrN7O3S. The predicted molar refractivity (Wildman–Crippen MR) is 113 cm³/mol. The number of benzene rings is 1. The van der Waals surface area contributed by atoms with Crippen LogP contribution in [0.3, 0.4) is 0 Å². The molecule has 4 aromatic rings. The lowest BCUT2D eigenvalue weighted by molar-refractivity contribution is -0.730. The van der Waals surface area contributed by atoms with Crippen molar-refractivity contribution in [2.24, 2.45) is 12.0 Å². The molecule has 10 nitrogen and oxygen atoms in total. The quantitative estimate of drug-likeness (QED) is 0.222. The first-order chi connectivity index (χ1) is 14.3. The Labute approximate surface area is 180 Å². The molecule has 1 aromatic carbocycles. The Morgan fingerprint density at radius 1 is 1.40 bits per heavy atom. The molecule has 4 rings (SSSR count). The van der Waals surface area contributed by atoms with Gasteiger partial charge in [0.05, 0.1) is 27.2 Å². The molecule has 0 saturated carbocycles. The minimum atomic E-state index is -0.723. The Balaban J connectivity index is 2.02. The highest BCUT2D eigenvalue weighted by Crippen LogP contribution is 2.41. The summed E-state index contributed by atoms with van der Waals surface area (Å²) in [6, 6.07) is 8.81. The second kappa shape index (κ2) is 7.29. The van der Waals surface area contributed by atoms with Crippen LogP contribution in [-0.4, -0.2) is 16.2 Å². The Bertz CT molecular complexity index is 1430. The van der Waals surface area contributed by atoms with E-state index in [-0.39, 0.29) is 38.6 Å². The van der Waals surface area contributed by atoms with Gasteiger partial charge in [-0.1, -0.05) is 20.6 Å². The number of halogens is 1. The van der Waals surface area contributed by atoms with Crippen molar-refractivity contribution in [3.63, 3.8) is 0 Å². The summed E-state index contributed by atoms with van der Waals surface area (Å²) in [5.41, 5.74) is 12.1. The third-order valence-electron chi connectivity index (χ3n) is 4.31. The summed E-state index contributed by atoms with van der Waals surface area (Å²) < 4.78 is 6.95. The largest absolute Gasteiger partial charge is 0.858 e. The number of hydrogen-bond acceptors (Lipinski definition) is 9. The van der Waals surface area contributed by atoms with Gasteiger partial charge in [-0.2, -0.15) is 5.26 Å².